The summed E-state index contributed by atoms with van der Waals surface area (Å²) in [5.74, 6) is 0.632. The number of carbonyl (C=O) groups excluding carboxylic acids is 1. The Morgan fingerprint density at radius 3 is 2.69 bits per heavy atom. The Bertz CT molecular complexity index is 831. The maximum atomic E-state index is 14.0. The van der Waals surface area contributed by atoms with Crippen LogP contribution < -0.4 is 10.1 Å². The van der Waals surface area contributed by atoms with Gasteiger partial charge in [0.1, 0.15) is 18.2 Å². The predicted octanol–water partition coefficient (Wildman–Crippen LogP) is 4.50. The third-order valence-corrected chi connectivity index (χ3v) is 5.75. The number of carbonyl (C=O) groups is 1. The second-order valence-corrected chi connectivity index (χ2v) is 8.07. The van der Waals surface area contributed by atoms with E-state index in [0.717, 1.165) is 37.2 Å². The minimum Gasteiger partial charge on any atom is -0.491 e. The SMILES string of the molecule is Cc1ccc(OCCNC(=O)C2CCN(Cc3c(F)cccc3Cl)CC2)c(C)c1. The normalized spacial score (nSPS) is 15.3. The second kappa shape index (κ2) is 10.1. The van der Waals surface area contributed by atoms with Gasteiger partial charge in [0.15, 0.2) is 0 Å². The molecule has 0 aromatic heterocycles. The summed E-state index contributed by atoms with van der Waals surface area (Å²) < 4.78 is 19.7. The Hall–Kier alpha value is -2.11. The molecule has 3 rings (SSSR count). The highest BCUT2D eigenvalue weighted by molar-refractivity contribution is 6.31. The molecule has 0 atom stereocenters. The quantitative estimate of drug-likeness (QED) is 0.673. The van der Waals surface area contributed by atoms with Crippen molar-refractivity contribution in [2.45, 2.75) is 33.2 Å². The third kappa shape index (κ3) is 5.94. The van der Waals surface area contributed by atoms with Crippen molar-refractivity contribution in [1.29, 1.82) is 0 Å². The first-order valence-electron chi connectivity index (χ1n) is 10.1. The van der Waals surface area contributed by atoms with Gasteiger partial charge in [-0.05, 0) is 63.5 Å². The zero-order valence-electron chi connectivity index (χ0n) is 17.0. The van der Waals surface area contributed by atoms with Gasteiger partial charge in [-0.1, -0.05) is 35.4 Å². The van der Waals surface area contributed by atoms with E-state index < -0.39 is 0 Å². The largest absolute Gasteiger partial charge is 0.491 e. The molecule has 1 heterocycles. The minimum atomic E-state index is -0.277. The molecule has 2 aromatic carbocycles. The monoisotopic (exact) mass is 418 g/mol. The van der Waals surface area contributed by atoms with Crippen molar-refractivity contribution >= 4 is 17.5 Å². The topological polar surface area (TPSA) is 41.6 Å². The van der Waals surface area contributed by atoms with E-state index in [9.17, 15) is 9.18 Å². The van der Waals surface area contributed by atoms with Gasteiger partial charge in [0.05, 0.1) is 6.54 Å². The molecule has 0 radical (unpaired) electrons. The lowest BCUT2D eigenvalue weighted by Crippen LogP contribution is -2.41. The number of ether oxygens (including phenoxy) is 1. The van der Waals surface area contributed by atoms with Gasteiger partial charge in [-0.25, -0.2) is 4.39 Å². The maximum Gasteiger partial charge on any atom is 0.223 e. The summed E-state index contributed by atoms with van der Waals surface area (Å²) in [6, 6.07) is 10.8. The number of benzene rings is 2. The maximum absolute atomic E-state index is 14.0. The highest BCUT2D eigenvalue weighted by Crippen LogP contribution is 2.24. The highest BCUT2D eigenvalue weighted by Gasteiger charge is 2.25. The molecule has 1 aliphatic heterocycles. The molecule has 0 unspecified atom stereocenters. The van der Waals surface area contributed by atoms with Gasteiger partial charge in [0.2, 0.25) is 5.91 Å². The van der Waals surface area contributed by atoms with Crippen LogP contribution in [0, 0.1) is 25.6 Å². The molecular formula is C23H28ClFN2O2. The number of hydrogen-bond acceptors (Lipinski definition) is 3. The number of piperidine rings is 1. The van der Waals surface area contributed by atoms with Crippen LogP contribution in [0.5, 0.6) is 5.75 Å². The molecule has 156 valence electrons. The van der Waals surface area contributed by atoms with Crippen LogP contribution in [0.2, 0.25) is 5.02 Å². The number of likely N-dealkylation sites (tertiary alicyclic amines) is 1. The number of nitrogens with zero attached hydrogens (tertiary/aromatic N) is 1. The zero-order chi connectivity index (χ0) is 20.8. The second-order valence-electron chi connectivity index (χ2n) is 7.66. The molecule has 1 amide bonds. The highest BCUT2D eigenvalue weighted by atomic mass is 35.5. The number of halogens is 2. The smallest absolute Gasteiger partial charge is 0.223 e. The Balaban J connectivity index is 1.38. The van der Waals surface area contributed by atoms with Gasteiger partial charge >= 0.3 is 0 Å². The van der Waals surface area contributed by atoms with Gasteiger partial charge in [0, 0.05) is 23.0 Å². The van der Waals surface area contributed by atoms with E-state index >= 15 is 0 Å². The summed E-state index contributed by atoms with van der Waals surface area (Å²) >= 11 is 6.12. The van der Waals surface area contributed by atoms with Gasteiger partial charge < -0.3 is 10.1 Å². The van der Waals surface area contributed by atoms with E-state index in [4.69, 9.17) is 16.3 Å². The summed E-state index contributed by atoms with van der Waals surface area (Å²) in [7, 11) is 0. The molecule has 29 heavy (non-hydrogen) atoms. The minimum absolute atomic E-state index is 0.0107. The van der Waals surface area contributed by atoms with Crippen LogP contribution in [-0.2, 0) is 11.3 Å². The molecule has 1 fully saturated rings. The first-order chi connectivity index (χ1) is 13.9. The Morgan fingerprint density at radius 2 is 2.00 bits per heavy atom. The first kappa shape index (κ1) is 21.6. The predicted molar refractivity (Wildman–Crippen MR) is 114 cm³/mol. The molecule has 1 N–H and O–H groups in total. The standard InChI is InChI=1S/C23H28ClFN2O2/c1-16-6-7-22(17(2)14-16)29-13-10-26-23(28)18-8-11-27(12-9-18)15-19-20(24)4-3-5-21(19)25/h3-7,14,18H,8-13,15H2,1-2H3,(H,26,28). The van der Waals surface area contributed by atoms with E-state index in [2.05, 4.69) is 16.3 Å². The lowest BCUT2D eigenvalue weighted by molar-refractivity contribution is -0.126. The van der Waals surface area contributed by atoms with Crippen LogP contribution in [0.25, 0.3) is 0 Å². The van der Waals surface area contributed by atoms with Crippen LogP contribution in [0.4, 0.5) is 4.39 Å². The summed E-state index contributed by atoms with van der Waals surface area (Å²) in [4.78, 5) is 14.6. The average molecular weight is 419 g/mol. The van der Waals surface area contributed by atoms with E-state index in [1.807, 2.05) is 26.0 Å². The van der Waals surface area contributed by atoms with Gasteiger partial charge in [-0.3, -0.25) is 9.69 Å². The Labute approximate surface area is 177 Å². The van der Waals surface area contributed by atoms with E-state index in [-0.39, 0.29) is 17.6 Å². The van der Waals surface area contributed by atoms with Crippen molar-refractivity contribution in [3.05, 3.63) is 63.9 Å². The van der Waals surface area contributed by atoms with E-state index in [0.29, 0.717) is 30.3 Å². The molecule has 2 aromatic rings. The van der Waals surface area contributed by atoms with Crippen LogP contribution in [0.3, 0.4) is 0 Å². The summed E-state index contributed by atoms with van der Waals surface area (Å²) in [6.07, 6.45) is 1.52. The van der Waals surface area contributed by atoms with Gasteiger partial charge in [-0.2, -0.15) is 0 Å². The molecule has 4 nitrogen and oxygen atoms in total. The lowest BCUT2D eigenvalue weighted by atomic mass is 9.95. The molecular weight excluding hydrogens is 391 g/mol. The van der Waals surface area contributed by atoms with Crippen LogP contribution in [0.1, 0.15) is 29.5 Å². The van der Waals surface area contributed by atoms with Crippen molar-refractivity contribution in [3.8, 4) is 5.75 Å². The number of aryl methyl sites for hydroxylation is 2. The molecule has 0 bridgehead atoms. The summed E-state index contributed by atoms with van der Waals surface area (Å²) in [6.45, 7) is 6.97. The fourth-order valence-electron chi connectivity index (χ4n) is 3.70. The average Bonchev–Trinajstić information content (AvgIpc) is 2.70. The van der Waals surface area contributed by atoms with Gasteiger partial charge in [0.25, 0.3) is 0 Å². The molecule has 6 heteroatoms. The van der Waals surface area contributed by atoms with Crippen molar-refractivity contribution in [2.24, 2.45) is 5.92 Å². The van der Waals surface area contributed by atoms with E-state index in [1.54, 1.807) is 12.1 Å². The summed E-state index contributed by atoms with van der Waals surface area (Å²) in [5.41, 5.74) is 2.83. The Kier molecular flexibility index (Phi) is 7.51. The molecule has 1 saturated heterocycles. The molecule has 0 aliphatic carbocycles. The van der Waals surface area contributed by atoms with Crippen molar-refractivity contribution in [1.82, 2.24) is 10.2 Å². The number of amides is 1. The van der Waals surface area contributed by atoms with Gasteiger partial charge in [-0.15, -0.1) is 0 Å². The van der Waals surface area contributed by atoms with Crippen molar-refractivity contribution < 1.29 is 13.9 Å². The summed E-state index contributed by atoms with van der Waals surface area (Å²) in [5, 5.41) is 3.43. The van der Waals surface area contributed by atoms with E-state index in [1.165, 1.54) is 11.6 Å². The number of hydrogen-bond donors (Lipinski definition) is 1. The van der Waals surface area contributed by atoms with Crippen LogP contribution in [-0.4, -0.2) is 37.0 Å². The third-order valence-electron chi connectivity index (χ3n) is 5.39. The first-order valence-corrected chi connectivity index (χ1v) is 10.4. The molecule has 0 spiro atoms. The lowest BCUT2D eigenvalue weighted by Gasteiger charge is -2.31. The van der Waals surface area contributed by atoms with Crippen molar-refractivity contribution in [3.63, 3.8) is 0 Å². The Morgan fingerprint density at radius 1 is 1.24 bits per heavy atom. The fourth-order valence-corrected chi connectivity index (χ4v) is 3.92. The zero-order valence-corrected chi connectivity index (χ0v) is 17.8. The number of nitrogens with one attached hydrogen (secondary N) is 1. The van der Waals surface area contributed by atoms with Crippen LogP contribution >= 0.6 is 11.6 Å². The molecule has 1 aliphatic rings. The van der Waals surface area contributed by atoms with Crippen molar-refractivity contribution in [2.75, 3.05) is 26.2 Å². The molecule has 0 saturated carbocycles. The number of rotatable bonds is 7. The van der Waals surface area contributed by atoms with Crippen LogP contribution in [0.15, 0.2) is 36.4 Å². The fraction of sp³-hybridized carbons (Fsp3) is 0.435.